The molecule has 0 radical (unpaired) electrons. The predicted octanol–water partition coefficient (Wildman–Crippen LogP) is 3.86. The van der Waals surface area contributed by atoms with Gasteiger partial charge in [-0.25, -0.2) is 4.98 Å². The molecule has 2 atom stereocenters. The van der Waals surface area contributed by atoms with Gasteiger partial charge in [-0.05, 0) is 50.8 Å². The van der Waals surface area contributed by atoms with Gasteiger partial charge in [0.15, 0.2) is 0 Å². The summed E-state index contributed by atoms with van der Waals surface area (Å²) in [5.41, 5.74) is 0.437. The van der Waals surface area contributed by atoms with E-state index in [1.165, 1.54) is 12.3 Å². The first-order valence-corrected chi connectivity index (χ1v) is 11.8. The molecule has 0 spiro atoms. The lowest BCUT2D eigenvalue weighted by Gasteiger charge is -2.47. The molecule has 0 N–H and O–H groups in total. The van der Waals surface area contributed by atoms with Crippen LogP contribution in [0, 0.1) is 11.3 Å². The van der Waals surface area contributed by atoms with Crippen LogP contribution in [0.2, 0.25) is 0 Å². The van der Waals surface area contributed by atoms with Crippen LogP contribution in [0.25, 0.3) is 0 Å². The molecule has 186 valence electrons. The molecule has 2 fully saturated rings. The van der Waals surface area contributed by atoms with Crippen LogP contribution in [-0.4, -0.2) is 59.2 Å². The minimum absolute atomic E-state index is 0.0224. The van der Waals surface area contributed by atoms with Gasteiger partial charge in [0.2, 0.25) is 5.91 Å². The van der Waals surface area contributed by atoms with Crippen molar-refractivity contribution in [1.82, 2.24) is 14.9 Å². The normalized spacial score (nSPS) is 21.4. The van der Waals surface area contributed by atoms with Gasteiger partial charge in [0, 0.05) is 43.1 Å². The van der Waals surface area contributed by atoms with Crippen LogP contribution < -0.4 is 9.64 Å². The quantitative estimate of drug-likeness (QED) is 0.561. The second kappa shape index (κ2) is 10.5. The first-order valence-electron chi connectivity index (χ1n) is 11.8. The third kappa shape index (κ3) is 5.35. The lowest BCUT2D eigenvalue weighted by atomic mass is 9.75. The number of alkyl halides is 2. The molecular formula is C25H29F2N5O3. The van der Waals surface area contributed by atoms with Gasteiger partial charge < -0.3 is 19.3 Å². The topological polar surface area (TPSA) is 91.6 Å². The number of anilines is 1. The van der Waals surface area contributed by atoms with Crippen LogP contribution >= 0.6 is 0 Å². The van der Waals surface area contributed by atoms with Crippen LogP contribution in [0.5, 0.6) is 5.75 Å². The van der Waals surface area contributed by atoms with E-state index < -0.39 is 12.2 Å². The molecule has 2 aliphatic rings. The largest absolute Gasteiger partial charge is 0.433 e. The van der Waals surface area contributed by atoms with Gasteiger partial charge in [-0.2, -0.15) is 14.0 Å². The molecule has 0 aromatic carbocycles. The van der Waals surface area contributed by atoms with Gasteiger partial charge in [-0.15, -0.1) is 0 Å². The van der Waals surface area contributed by atoms with E-state index in [9.17, 15) is 13.6 Å². The number of amides is 1. The fourth-order valence-electron chi connectivity index (χ4n) is 4.87. The van der Waals surface area contributed by atoms with Crippen LogP contribution in [0.3, 0.4) is 0 Å². The number of nitrogens with zero attached hydrogens (tertiary/aromatic N) is 5. The van der Waals surface area contributed by atoms with Gasteiger partial charge in [-0.1, -0.05) is 6.92 Å². The second-order valence-corrected chi connectivity index (χ2v) is 9.06. The Hall–Kier alpha value is -3.32. The first kappa shape index (κ1) is 24.8. The fraction of sp³-hybridized carbons (Fsp3) is 0.520. The van der Waals surface area contributed by atoms with Crippen molar-refractivity contribution in [3.63, 3.8) is 0 Å². The number of halogens is 2. The number of carbonyl (C=O) groups excluding carboxylic acids is 1. The molecule has 1 unspecified atom stereocenters. The molecule has 10 heteroatoms. The number of carbonyl (C=O) groups is 1. The highest BCUT2D eigenvalue weighted by Crippen LogP contribution is 2.45. The van der Waals surface area contributed by atoms with E-state index in [1.54, 1.807) is 18.5 Å². The van der Waals surface area contributed by atoms with E-state index in [2.05, 4.69) is 39.5 Å². The maximum atomic E-state index is 13.2. The number of hydrogen-bond donors (Lipinski definition) is 0. The minimum atomic E-state index is -2.93. The first-order chi connectivity index (χ1) is 16.8. The molecule has 3 heterocycles. The summed E-state index contributed by atoms with van der Waals surface area (Å²) in [6.45, 7) is 2.15. The Labute approximate surface area is 203 Å². The Morgan fingerprint density at radius 2 is 2.09 bits per heavy atom. The average molecular weight is 486 g/mol. The molecule has 2 aromatic heterocycles. The molecule has 1 aliphatic carbocycles. The van der Waals surface area contributed by atoms with Crippen molar-refractivity contribution in [3.05, 3.63) is 47.9 Å². The summed E-state index contributed by atoms with van der Waals surface area (Å²) >= 11 is 0. The molecule has 2 aromatic rings. The van der Waals surface area contributed by atoms with E-state index in [4.69, 9.17) is 10.00 Å². The van der Waals surface area contributed by atoms with Gasteiger partial charge in [-0.3, -0.25) is 9.78 Å². The lowest BCUT2D eigenvalue weighted by Crippen LogP contribution is -2.60. The third-order valence-electron chi connectivity index (χ3n) is 6.85. The molecule has 1 saturated heterocycles. The van der Waals surface area contributed by atoms with Crippen LogP contribution in [-0.2, 0) is 15.1 Å². The van der Waals surface area contributed by atoms with E-state index in [0.29, 0.717) is 37.1 Å². The zero-order valence-corrected chi connectivity index (χ0v) is 19.9. The maximum Gasteiger partial charge on any atom is 0.387 e. The zero-order chi connectivity index (χ0) is 25.0. The van der Waals surface area contributed by atoms with Gasteiger partial charge in [0.05, 0.1) is 17.4 Å². The van der Waals surface area contributed by atoms with E-state index in [0.717, 1.165) is 18.7 Å². The third-order valence-corrected chi connectivity index (χ3v) is 6.85. The molecule has 1 amide bonds. The van der Waals surface area contributed by atoms with Gasteiger partial charge in [0.1, 0.15) is 24.2 Å². The Morgan fingerprint density at radius 3 is 2.69 bits per heavy atom. The van der Waals surface area contributed by atoms with Crippen molar-refractivity contribution in [2.24, 2.45) is 0 Å². The summed E-state index contributed by atoms with van der Waals surface area (Å²) < 4.78 is 35.9. The number of ether oxygens (including phenoxy) is 2. The number of piperazine rings is 1. The Kier molecular flexibility index (Phi) is 7.45. The molecule has 1 saturated carbocycles. The van der Waals surface area contributed by atoms with E-state index in [1.807, 2.05) is 11.0 Å². The highest BCUT2D eigenvalue weighted by molar-refractivity contribution is 5.78. The molecule has 4 rings (SSSR count). The van der Waals surface area contributed by atoms with Crippen LogP contribution in [0.15, 0.2) is 36.8 Å². The molecular weight excluding hydrogens is 456 g/mol. The summed E-state index contributed by atoms with van der Waals surface area (Å²) in [4.78, 5) is 25.6. The number of nitriles is 1. The summed E-state index contributed by atoms with van der Waals surface area (Å²) in [6, 6.07) is 7.30. The van der Waals surface area contributed by atoms with E-state index in [-0.39, 0.29) is 30.3 Å². The number of pyridine rings is 2. The Morgan fingerprint density at radius 1 is 1.29 bits per heavy atom. The minimum Gasteiger partial charge on any atom is -0.433 e. The van der Waals surface area contributed by atoms with Gasteiger partial charge >= 0.3 is 6.61 Å². The van der Waals surface area contributed by atoms with Crippen molar-refractivity contribution in [2.45, 2.75) is 63.8 Å². The van der Waals surface area contributed by atoms with Crippen molar-refractivity contribution in [2.75, 3.05) is 24.6 Å². The van der Waals surface area contributed by atoms with Crippen molar-refractivity contribution in [1.29, 1.82) is 5.26 Å². The van der Waals surface area contributed by atoms with Gasteiger partial charge in [0.25, 0.3) is 0 Å². The smallest absolute Gasteiger partial charge is 0.387 e. The molecule has 35 heavy (non-hydrogen) atoms. The Balaban J connectivity index is 1.41. The number of rotatable bonds is 8. The molecule has 0 bridgehead atoms. The molecule has 8 nitrogen and oxygen atoms in total. The SMILES string of the molecule is CCC1CN(C(=O)COC2(c3cncc(OC(F)F)c3)CCC2)C[C@H](C)N1c1ccc(C#N)cn1. The van der Waals surface area contributed by atoms with E-state index >= 15 is 0 Å². The summed E-state index contributed by atoms with van der Waals surface area (Å²) in [5, 5.41) is 9.04. The summed E-state index contributed by atoms with van der Waals surface area (Å²) in [6.07, 6.45) is 7.50. The number of hydrogen-bond acceptors (Lipinski definition) is 7. The summed E-state index contributed by atoms with van der Waals surface area (Å²) in [5.74, 6) is 0.659. The highest BCUT2D eigenvalue weighted by Gasteiger charge is 2.42. The van der Waals surface area contributed by atoms with Crippen LogP contribution in [0.1, 0.15) is 50.7 Å². The molecule has 1 aliphatic heterocycles. The second-order valence-electron chi connectivity index (χ2n) is 9.06. The Bertz CT molecular complexity index is 1070. The van der Waals surface area contributed by atoms with Crippen LogP contribution in [0.4, 0.5) is 14.6 Å². The summed E-state index contributed by atoms with van der Waals surface area (Å²) in [7, 11) is 0. The highest BCUT2D eigenvalue weighted by atomic mass is 19.3. The maximum absolute atomic E-state index is 13.2. The zero-order valence-electron chi connectivity index (χ0n) is 19.9. The fourth-order valence-corrected chi connectivity index (χ4v) is 4.87. The van der Waals surface area contributed by atoms with Crippen molar-refractivity contribution in [3.8, 4) is 11.8 Å². The monoisotopic (exact) mass is 485 g/mol. The van der Waals surface area contributed by atoms with Crippen molar-refractivity contribution >= 4 is 11.7 Å². The van der Waals surface area contributed by atoms with Crippen molar-refractivity contribution < 1.29 is 23.0 Å². The lowest BCUT2D eigenvalue weighted by molar-refractivity contribution is -0.154. The standard InChI is InChI=1S/C25H29F2N5O3/c1-3-20-15-31(14-17(2)32(20)22-6-5-18(10-28)11-30-22)23(33)16-34-25(7-4-8-25)19-9-21(13-29-12-19)35-24(26)27/h5-6,9,11-13,17,20,24H,3-4,7-8,14-16H2,1-2H3/t17-,20?/m0/s1. The average Bonchev–Trinajstić information content (AvgIpc) is 2.82. The number of aromatic nitrogens is 2. The predicted molar refractivity (Wildman–Crippen MR) is 124 cm³/mol.